The fourth-order valence-electron chi connectivity index (χ4n) is 1.50. The third-order valence-corrected chi connectivity index (χ3v) is 2.49. The second-order valence-corrected chi connectivity index (χ2v) is 3.86. The molecule has 0 amide bonds. The first-order chi connectivity index (χ1) is 8.58. The Labute approximate surface area is 104 Å². The zero-order chi connectivity index (χ0) is 13.1. The molecule has 0 aliphatic heterocycles. The van der Waals surface area contributed by atoms with Crippen LogP contribution >= 0.6 is 0 Å². The summed E-state index contributed by atoms with van der Waals surface area (Å²) < 4.78 is 5.07. The van der Waals surface area contributed by atoms with E-state index in [1.807, 2.05) is 0 Å². The van der Waals surface area contributed by atoms with Crippen molar-refractivity contribution in [1.29, 1.82) is 0 Å². The smallest absolute Gasteiger partial charge is 0.347 e. The van der Waals surface area contributed by atoms with Crippen LogP contribution in [0.15, 0.2) is 42.5 Å². The predicted molar refractivity (Wildman–Crippen MR) is 65.9 cm³/mol. The van der Waals surface area contributed by atoms with Crippen LogP contribution in [0.4, 0.5) is 0 Å². The maximum atomic E-state index is 11.8. The Hall–Kier alpha value is -2.49. The molecule has 0 heterocycles. The second kappa shape index (κ2) is 4.79. The minimum Gasteiger partial charge on any atom is -0.508 e. The molecule has 18 heavy (non-hydrogen) atoms. The second-order valence-electron chi connectivity index (χ2n) is 3.86. The minimum absolute atomic E-state index is 0.0622. The molecule has 4 nitrogen and oxygen atoms in total. The number of rotatable bonds is 2. The maximum absolute atomic E-state index is 11.8. The van der Waals surface area contributed by atoms with E-state index in [0.717, 1.165) is 0 Å². The molecule has 0 bridgehead atoms. The van der Waals surface area contributed by atoms with Gasteiger partial charge in [0.05, 0.1) is 0 Å². The molecular formula is C14H12O4. The molecule has 92 valence electrons. The average Bonchev–Trinajstić information content (AvgIpc) is 2.35. The molecular weight excluding hydrogens is 232 g/mol. The molecule has 0 saturated heterocycles. The van der Waals surface area contributed by atoms with Crippen molar-refractivity contribution in [2.24, 2.45) is 0 Å². The largest absolute Gasteiger partial charge is 0.508 e. The minimum atomic E-state index is -0.714. The van der Waals surface area contributed by atoms with Gasteiger partial charge in [0, 0.05) is 0 Å². The van der Waals surface area contributed by atoms with Gasteiger partial charge in [0.25, 0.3) is 0 Å². The number of para-hydroxylation sites is 1. The van der Waals surface area contributed by atoms with E-state index in [9.17, 15) is 15.0 Å². The number of esters is 1. The van der Waals surface area contributed by atoms with E-state index in [1.165, 1.54) is 12.1 Å². The van der Waals surface area contributed by atoms with Gasteiger partial charge in [-0.2, -0.15) is 0 Å². The number of phenols is 2. The van der Waals surface area contributed by atoms with Crippen LogP contribution in [0.3, 0.4) is 0 Å². The summed E-state index contributed by atoms with van der Waals surface area (Å²) in [6, 6.07) is 11.0. The van der Waals surface area contributed by atoms with Crippen molar-refractivity contribution >= 4 is 5.97 Å². The van der Waals surface area contributed by atoms with E-state index < -0.39 is 5.97 Å². The van der Waals surface area contributed by atoms with Crippen LogP contribution in [-0.2, 0) is 0 Å². The number of carbonyl (C=O) groups is 1. The molecule has 2 rings (SSSR count). The SMILES string of the molecule is Cc1cc(O)c(C(=O)Oc2ccccc2)cc1O. The van der Waals surface area contributed by atoms with Gasteiger partial charge in [-0.25, -0.2) is 4.79 Å². The number of carbonyl (C=O) groups excluding carboxylic acids is 1. The van der Waals surface area contributed by atoms with Crippen molar-refractivity contribution in [3.63, 3.8) is 0 Å². The molecule has 0 saturated carbocycles. The standard InChI is InChI=1S/C14H12O4/c1-9-7-13(16)11(8-12(9)15)14(17)18-10-5-3-2-4-6-10/h2-8,15-16H,1H3. The van der Waals surface area contributed by atoms with Gasteiger partial charge in [-0.3, -0.25) is 0 Å². The zero-order valence-corrected chi connectivity index (χ0v) is 9.75. The molecule has 0 fully saturated rings. The lowest BCUT2D eigenvalue weighted by molar-refractivity contribution is 0.0731. The lowest BCUT2D eigenvalue weighted by Crippen LogP contribution is -2.08. The van der Waals surface area contributed by atoms with Crippen LogP contribution in [0, 0.1) is 6.92 Å². The lowest BCUT2D eigenvalue weighted by Gasteiger charge is -2.07. The molecule has 2 aromatic carbocycles. The number of phenolic OH excluding ortho intramolecular Hbond substituents is 2. The highest BCUT2D eigenvalue weighted by atomic mass is 16.5. The summed E-state index contributed by atoms with van der Waals surface area (Å²) in [5.74, 6) is -0.616. The maximum Gasteiger partial charge on any atom is 0.347 e. The Kier molecular flexibility index (Phi) is 3.19. The van der Waals surface area contributed by atoms with E-state index in [4.69, 9.17) is 4.74 Å². The lowest BCUT2D eigenvalue weighted by atomic mass is 10.1. The van der Waals surface area contributed by atoms with E-state index in [-0.39, 0.29) is 17.1 Å². The highest BCUT2D eigenvalue weighted by Gasteiger charge is 2.15. The third kappa shape index (κ3) is 2.43. The van der Waals surface area contributed by atoms with Gasteiger partial charge in [-0.15, -0.1) is 0 Å². The van der Waals surface area contributed by atoms with E-state index >= 15 is 0 Å². The van der Waals surface area contributed by atoms with Crippen molar-refractivity contribution in [1.82, 2.24) is 0 Å². The van der Waals surface area contributed by atoms with E-state index in [2.05, 4.69) is 0 Å². The summed E-state index contributed by atoms with van der Waals surface area (Å²) in [6.07, 6.45) is 0. The fourth-order valence-corrected chi connectivity index (χ4v) is 1.50. The molecule has 0 aliphatic carbocycles. The fraction of sp³-hybridized carbons (Fsp3) is 0.0714. The Morgan fingerprint density at radius 3 is 2.39 bits per heavy atom. The number of hydrogen-bond acceptors (Lipinski definition) is 4. The van der Waals surface area contributed by atoms with Crippen molar-refractivity contribution in [3.8, 4) is 17.2 Å². The van der Waals surface area contributed by atoms with Gasteiger partial charge in [0.15, 0.2) is 0 Å². The Morgan fingerprint density at radius 1 is 1.06 bits per heavy atom. The predicted octanol–water partition coefficient (Wildman–Crippen LogP) is 2.63. The van der Waals surface area contributed by atoms with Crippen LogP contribution in [0.1, 0.15) is 15.9 Å². The quantitative estimate of drug-likeness (QED) is 0.484. The summed E-state index contributed by atoms with van der Waals surface area (Å²) in [7, 11) is 0. The van der Waals surface area contributed by atoms with Crippen molar-refractivity contribution in [3.05, 3.63) is 53.6 Å². The highest BCUT2D eigenvalue weighted by Crippen LogP contribution is 2.27. The summed E-state index contributed by atoms with van der Waals surface area (Å²) in [5, 5.41) is 19.2. The Balaban J connectivity index is 2.27. The van der Waals surface area contributed by atoms with Gasteiger partial charge in [0.1, 0.15) is 22.8 Å². The monoisotopic (exact) mass is 244 g/mol. The molecule has 0 radical (unpaired) electrons. The van der Waals surface area contributed by atoms with Crippen LogP contribution in [0.5, 0.6) is 17.2 Å². The first-order valence-electron chi connectivity index (χ1n) is 5.37. The highest BCUT2D eigenvalue weighted by molar-refractivity contribution is 5.94. The molecule has 0 aromatic heterocycles. The summed E-state index contributed by atoms with van der Waals surface area (Å²) in [5.41, 5.74) is 0.422. The topological polar surface area (TPSA) is 66.8 Å². The molecule has 4 heteroatoms. The third-order valence-electron chi connectivity index (χ3n) is 2.49. The molecule has 2 N–H and O–H groups in total. The van der Waals surface area contributed by atoms with Crippen LogP contribution < -0.4 is 4.74 Å². The number of aromatic hydroxyl groups is 2. The molecule has 0 atom stereocenters. The van der Waals surface area contributed by atoms with Gasteiger partial charge >= 0.3 is 5.97 Å². The molecule has 0 spiro atoms. The van der Waals surface area contributed by atoms with Crippen molar-refractivity contribution < 1.29 is 19.7 Å². The van der Waals surface area contributed by atoms with Crippen LogP contribution in [-0.4, -0.2) is 16.2 Å². The molecule has 0 aliphatic rings. The number of hydrogen-bond donors (Lipinski definition) is 2. The van der Waals surface area contributed by atoms with Gasteiger partial charge in [-0.05, 0) is 36.8 Å². The van der Waals surface area contributed by atoms with Crippen LogP contribution in [0.2, 0.25) is 0 Å². The Morgan fingerprint density at radius 2 is 1.72 bits per heavy atom. The van der Waals surface area contributed by atoms with E-state index in [0.29, 0.717) is 11.3 Å². The van der Waals surface area contributed by atoms with Gasteiger partial charge in [-0.1, -0.05) is 18.2 Å². The van der Waals surface area contributed by atoms with Crippen molar-refractivity contribution in [2.45, 2.75) is 6.92 Å². The zero-order valence-electron chi connectivity index (χ0n) is 9.75. The molecule has 0 unspecified atom stereocenters. The molecule has 2 aromatic rings. The first-order valence-corrected chi connectivity index (χ1v) is 5.37. The summed E-state index contributed by atoms with van der Waals surface area (Å²) in [6.45, 7) is 1.63. The summed E-state index contributed by atoms with van der Waals surface area (Å²) in [4.78, 5) is 11.8. The summed E-state index contributed by atoms with van der Waals surface area (Å²) >= 11 is 0. The Bertz CT molecular complexity index is 576. The number of benzene rings is 2. The van der Waals surface area contributed by atoms with Gasteiger partial charge in [0.2, 0.25) is 0 Å². The van der Waals surface area contributed by atoms with E-state index in [1.54, 1.807) is 37.3 Å². The van der Waals surface area contributed by atoms with Gasteiger partial charge < -0.3 is 14.9 Å². The number of aryl methyl sites for hydroxylation is 1. The average molecular weight is 244 g/mol. The number of ether oxygens (including phenoxy) is 1. The van der Waals surface area contributed by atoms with Crippen molar-refractivity contribution in [2.75, 3.05) is 0 Å². The normalized spacial score (nSPS) is 10.1. The van der Waals surface area contributed by atoms with Crippen LogP contribution in [0.25, 0.3) is 0 Å². The first kappa shape index (κ1) is 12.0.